The molecule has 1 atom stereocenters. The fourth-order valence-electron chi connectivity index (χ4n) is 2.88. The zero-order valence-electron chi connectivity index (χ0n) is 11.8. The molecule has 0 aromatic rings. The highest BCUT2D eigenvalue weighted by Gasteiger charge is 2.30. The third-order valence-corrected chi connectivity index (χ3v) is 6.03. The second-order valence-corrected chi connectivity index (χ2v) is 7.40. The van der Waals surface area contributed by atoms with E-state index in [0.29, 0.717) is 6.54 Å². The zero-order chi connectivity index (χ0) is 14.5. The Labute approximate surface area is 116 Å². The standard InChI is InChI=1S/C13H25NO4S/c1-3-14(11(2)9-13(15)16)19(17,18)10-12-7-5-4-6-8-12/h11-12H,3-10H2,1-2H3,(H,15,16). The van der Waals surface area contributed by atoms with Crippen molar-refractivity contribution in [2.75, 3.05) is 12.3 Å². The maximum Gasteiger partial charge on any atom is 0.304 e. The number of hydrogen-bond donors (Lipinski definition) is 1. The van der Waals surface area contributed by atoms with Crippen LogP contribution in [0.15, 0.2) is 0 Å². The van der Waals surface area contributed by atoms with E-state index in [1.807, 2.05) is 0 Å². The van der Waals surface area contributed by atoms with Crippen molar-refractivity contribution < 1.29 is 18.3 Å². The van der Waals surface area contributed by atoms with Crippen LogP contribution in [0.1, 0.15) is 52.4 Å². The molecule has 0 bridgehead atoms. The molecule has 0 amide bonds. The Hall–Kier alpha value is -0.620. The van der Waals surface area contributed by atoms with Crippen molar-refractivity contribution in [3.05, 3.63) is 0 Å². The first-order chi connectivity index (χ1) is 8.86. The van der Waals surface area contributed by atoms with Crippen LogP contribution in [0.3, 0.4) is 0 Å². The summed E-state index contributed by atoms with van der Waals surface area (Å²) in [5.41, 5.74) is 0. The van der Waals surface area contributed by atoms with E-state index in [-0.39, 0.29) is 18.1 Å². The number of carboxylic acid groups (broad SMARTS) is 1. The van der Waals surface area contributed by atoms with Gasteiger partial charge in [-0.05, 0) is 25.7 Å². The summed E-state index contributed by atoms with van der Waals surface area (Å²) in [6.45, 7) is 3.76. The van der Waals surface area contributed by atoms with E-state index >= 15 is 0 Å². The summed E-state index contributed by atoms with van der Waals surface area (Å²) in [6, 6.07) is -0.476. The van der Waals surface area contributed by atoms with Gasteiger partial charge in [-0.3, -0.25) is 4.79 Å². The van der Waals surface area contributed by atoms with Gasteiger partial charge < -0.3 is 5.11 Å². The van der Waals surface area contributed by atoms with Crippen LogP contribution in [0.2, 0.25) is 0 Å². The summed E-state index contributed by atoms with van der Waals surface area (Å²) < 4.78 is 26.1. The number of aliphatic carboxylic acids is 1. The average molecular weight is 291 g/mol. The molecule has 0 aromatic heterocycles. The molecule has 0 spiro atoms. The smallest absolute Gasteiger partial charge is 0.304 e. The molecule has 112 valence electrons. The minimum atomic E-state index is -3.35. The third kappa shape index (κ3) is 5.10. The maximum absolute atomic E-state index is 12.4. The normalized spacial score (nSPS) is 19.5. The summed E-state index contributed by atoms with van der Waals surface area (Å²) in [5, 5.41) is 8.79. The minimum Gasteiger partial charge on any atom is -0.481 e. The summed E-state index contributed by atoms with van der Waals surface area (Å²) >= 11 is 0. The van der Waals surface area contributed by atoms with Crippen LogP contribution in [0.25, 0.3) is 0 Å². The third-order valence-electron chi connectivity index (χ3n) is 3.80. The monoisotopic (exact) mass is 291 g/mol. The lowest BCUT2D eigenvalue weighted by atomic mass is 9.91. The second kappa shape index (κ2) is 7.24. The Morgan fingerprint density at radius 2 is 1.89 bits per heavy atom. The predicted molar refractivity (Wildman–Crippen MR) is 74.5 cm³/mol. The molecule has 1 aliphatic rings. The Morgan fingerprint density at radius 3 is 2.37 bits per heavy atom. The van der Waals surface area contributed by atoms with Gasteiger partial charge in [0.25, 0.3) is 0 Å². The molecule has 0 aliphatic heterocycles. The average Bonchev–Trinajstić information content (AvgIpc) is 2.28. The molecular formula is C13H25NO4S. The first-order valence-corrected chi connectivity index (χ1v) is 8.69. The lowest BCUT2D eigenvalue weighted by molar-refractivity contribution is -0.137. The Morgan fingerprint density at radius 1 is 1.32 bits per heavy atom. The number of hydrogen-bond acceptors (Lipinski definition) is 3. The quantitative estimate of drug-likeness (QED) is 0.779. The molecule has 0 radical (unpaired) electrons. The molecule has 5 nitrogen and oxygen atoms in total. The van der Waals surface area contributed by atoms with Crippen LogP contribution < -0.4 is 0 Å². The summed E-state index contributed by atoms with van der Waals surface area (Å²) in [7, 11) is -3.35. The summed E-state index contributed by atoms with van der Waals surface area (Å²) in [5.74, 6) is -0.547. The van der Waals surface area contributed by atoms with E-state index in [9.17, 15) is 13.2 Å². The van der Waals surface area contributed by atoms with Crippen LogP contribution in [0, 0.1) is 5.92 Å². The van der Waals surface area contributed by atoms with Gasteiger partial charge in [0.2, 0.25) is 10.0 Å². The van der Waals surface area contributed by atoms with Gasteiger partial charge in [-0.1, -0.05) is 26.2 Å². The lowest BCUT2D eigenvalue weighted by Gasteiger charge is -2.29. The van der Waals surface area contributed by atoms with Crippen molar-refractivity contribution in [2.45, 2.75) is 58.4 Å². The first kappa shape index (κ1) is 16.4. The number of nitrogens with zero attached hydrogens (tertiary/aromatic N) is 1. The van der Waals surface area contributed by atoms with Crippen molar-refractivity contribution in [1.82, 2.24) is 4.31 Å². The molecule has 1 rings (SSSR count). The molecule has 19 heavy (non-hydrogen) atoms. The molecular weight excluding hydrogens is 266 g/mol. The molecule has 6 heteroatoms. The molecule has 0 aromatic carbocycles. The predicted octanol–water partition coefficient (Wildman–Crippen LogP) is 2.08. The van der Waals surface area contributed by atoms with Crippen molar-refractivity contribution in [3.8, 4) is 0 Å². The fraction of sp³-hybridized carbons (Fsp3) is 0.923. The number of carbonyl (C=O) groups is 1. The molecule has 0 heterocycles. The van der Waals surface area contributed by atoms with Crippen LogP contribution in [-0.2, 0) is 14.8 Å². The Kier molecular flexibility index (Phi) is 6.26. The molecule has 1 N–H and O–H groups in total. The SMILES string of the molecule is CCN(C(C)CC(=O)O)S(=O)(=O)CC1CCCCC1. The molecule has 1 unspecified atom stereocenters. The molecule has 0 saturated heterocycles. The fourth-order valence-corrected chi connectivity index (χ4v) is 5.02. The molecule has 1 aliphatic carbocycles. The molecule has 1 saturated carbocycles. The van der Waals surface area contributed by atoms with Gasteiger partial charge in [0.05, 0.1) is 12.2 Å². The van der Waals surface area contributed by atoms with E-state index in [1.54, 1.807) is 13.8 Å². The highest BCUT2D eigenvalue weighted by Crippen LogP contribution is 2.26. The van der Waals surface area contributed by atoms with Gasteiger partial charge >= 0.3 is 5.97 Å². The van der Waals surface area contributed by atoms with Gasteiger partial charge in [0.1, 0.15) is 0 Å². The van der Waals surface area contributed by atoms with E-state index in [4.69, 9.17) is 5.11 Å². The topological polar surface area (TPSA) is 74.7 Å². The number of sulfonamides is 1. The minimum absolute atomic E-state index is 0.141. The summed E-state index contributed by atoms with van der Waals surface area (Å²) in [4.78, 5) is 10.7. The number of rotatable bonds is 7. The number of carboxylic acids is 1. The van der Waals surface area contributed by atoms with Crippen LogP contribution >= 0.6 is 0 Å². The van der Waals surface area contributed by atoms with Crippen LogP contribution in [0.4, 0.5) is 0 Å². The molecule has 1 fully saturated rings. The van der Waals surface area contributed by atoms with E-state index in [2.05, 4.69) is 0 Å². The van der Waals surface area contributed by atoms with Gasteiger partial charge in [-0.15, -0.1) is 0 Å². The highest BCUT2D eigenvalue weighted by atomic mass is 32.2. The van der Waals surface area contributed by atoms with Crippen molar-refractivity contribution >= 4 is 16.0 Å². The maximum atomic E-state index is 12.4. The van der Waals surface area contributed by atoms with Crippen LogP contribution in [0.5, 0.6) is 0 Å². The van der Waals surface area contributed by atoms with E-state index < -0.39 is 22.0 Å². The van der Waals surface area contributed by atoms with E-state index in [0.717, 1.165) is 25.7 Å². The zero-order valence-corrected chi connectivity index (χ0v) is 12.7. The highest BCUT2D eigenvalue weighted by molar-refractivity contribution is 7.89. The Bertz CT molecular complexity index is 387. The second-order valence-electron chi connectivity index (χ2n) is 5.43. The van der Waals surface area contributed by atoms with E-state index in [1.165, 1.54) is 10.7 Å². The van der Waals surface area contributed by atoms with Crippen molar-refractivity contribution in [2.24, 2.45) is 5.92 Å². The van der Waals surface area contributed by atoms with Crippen molar-refractivity contribution in [1.29, 1.82) is 0 Å². The van der Waals surface area contributed by atoms with Gasteiger partial charge in [-0.2, -0.15) is 4.31 Å². The Balaban J connectivity index is 2.68. The van der Waals surface area contributed by atoms with Gasteiger partial charge in [-0.25, -0.2) is 8.42 Å². The summed E-state index contributed by atoms with van der Waals surface area (Å²) in [6.07, 6.45) is 5.23. The lowest BCUT2D eigenvalue weighted by Crippen LogP contribution is -2.42. The van der Waals surface area contributed by atoms with Gasteiger partial charge in [0, 0.05) is 12.6 Å². The first-order valence-electron chi connectivity index (χ1n) is 7.08. The van der Waals surface area contributed by atoms with Crippen molar-refractivity contribution in [3.63, 3.8) is 0 Å². The van der Waals surface area contributed by atoms with Crippen LogP contribution in [-0.4, -0.2) is 42.1 Å². The largest absolute Gasteiger partial charge is 0.481 e. The van der Waals surface area contributed by atoms with Gasteiger partial charge in [0.15, 0.2) is 0 Å².